The first-order chi connectivity index (χ1) is 9.86. The Hall–Kier alpha value is -1.18. The number of hydrogen-bond donors (Lipinski definition) is 2. The Labute approximate surface area is 125 Å². The van der Waals surface area contributed by atoms with E-state index >= 15 is 0 Å². The average molecular weight is 299 g/mol. The van der Waals surface area contributed by atoms with E-state index in [0.717, 1.165) is 0 Å². The van der Waals surface area contributed by atoms with E-state index < -0.39 is 11.5 Å². The van der Waals surface area contributed by atoms with E-state index in [-0.39, 0.29) is 30.5 Å². The molecular formula is C14H25N3O4. The molecule has 21 heavy (non-hydrogen) atoms. The third-order valence-corrected chi connectivity index (χ3v) is 4.13. The van der Waals surface area contributed by atoms with Crippen molar-refractivity contribution in [1.29, 1.82) is 0 Å². The number of carbonyl (C=O) groups excluding carboxylic acids is 2. The molecule has 3 atom stereocenters. The van der Waals surface area contributed by atoms with Gasteiger partial charge in [0.05, 0.1) is 31.8 Å². The second-order valence-corrected chi connectivity index (χ2v) is 6.29. The monoisotopic (exact) mass is 299 g/mol. The number of nitrogens with one attached hydrogen (secondary N) is 1. The van der Waals surface area contributed by atoms with Gasteiger partial charge < -0.3 is 25.4 Å². The van der Waals surface area contributed by atoms with Crippen LogP contribution >= 0.6 is 0 Å². The average Bonchev–Trinajstić information content (AvgIpc) is 2.78. The van der Waals surface area contributed by atoms with E-state index in [9.17, 15) is 9.59 Å². The van der Waals surface area contributed by atoms with E-state index in [1.54, 1.807) is 11.8 Å². The van der Waals surface area contributed by atoms with Crippen molar-refractivity contribution in [3.8, 4) is 0 Å². The van der Waals surface area contributed by atoms with Gasteiger partial charge in [0.2, 0.25) is 11.8 Å². The van der Waals surface area contributed by atoms with Crippen LogP contribution in [0.1, 0.15) is 20.8 Å². The van der Waals surface area contributed by atoms with Crippen molar-refractivity contribution in [3.63, 3.8) is 0 Å². The summed E-state index contributed by atoms with van der Waals surface area (Å²) in [5, 5.41) is 2.84. The third kappa shape index (κ3) is 3.20. The number of morpholine rings is 1. The van der Waals surface area contributed by atoms with Crippen LogP contribution in [0, 0.1) is 5.41 Å². The molecule has 2 aliphatic heterocycles. The van der Waals surface area contributed by atoms with E-state index in [4.69, 9.17) is 15.2 Å². The number of nitrogens with zero attached hydrogens (tertiary/aromatic N) is 1. The van der Waals surface area contributed by atoms with Gasteiger partial charge in [-0.2, -0.15) is 0 Å². The second-order valence-electron chi connectivity index (χ2n) is 6.29. The summed E-state index contributed by atoms with van der Waals surface area (Å²) in [6.07, 6.45) is 0. The highest BCUT2D eigenvalue weighted by Gasteiger charge is 2.49. The second kappa shape index (κ2) is 6.29. The van der Waals surface area contributed by atoms with Crippen molar-refractivity contribution in [2.24, 2.45) is 11.1 Å². The summed E-state index contributed by atoms with van der Waals surface area (Å²) < 4.78 is 10.7. The van der Waals surface area contributed by atoms with Crippen LogP contribution in [0.25, 0.3) is 0 Å². The number of rotatable bonds is 3. The molecule has 2 heterocycles. The highest BCUT2D eigenvalue weighted by Crippen LogP contribution is 2.30. The van der Waals surface area contributed by atoms with E-state index in [1.165, 1.54) is 0 Å². The first kappa shape index (κ1) is 16.2. The lowest BCUT2D eigenvalue weighted by atomic mass is 9.83. The van der Waals surface area contributed by atoms with Gasteiger partial charge in [0, 0.05) is 18.6 Å². The lowest BCUT2D eigenvalue weighted by Gasteiger charge is -2.40. The van der Waals surface area contributed by atoms with Crippen LogP contribution in [0.2, 0.25) is 0 Å². The zero-order valence-electron chi connectivity index (χ0n) is 12.9. The number of ether oxygens (including phenoxy) is 2. The topological polar surface area (TPSA) is 93.9 Å². The molecule has 2 saturated heterocycles. The van der Waals surface area contributed by atoms with Gasteiger partial charge in [0.15, 0.2) is 0 Å². The van der Waals surface area contributed by atoms with Gasteiger partial charge in [0.25, 0.3) is 0 Å². The maximum atomic E-state index is 12.9. The van der Waals surface area contributed by atoms with E-state index in [1.807, 2.05) is 13.8 Å². The zero-order valence-corrected chi connectivity index (χ0v) is 12.9. The summed E-state index contributed by atoms with van der Waals surface area (Å²) >= 11 is 0. The molecule has 2 amide bonds. The molecule has 0 aromatic rings. The lowest BCUT2D eigenvalue weighted by molar-refractivity contribution is -0.156. The smallest absolute Gasteiger partial charge is 0.245 e. The van der Waals surface area contributed by atoms with Crippen LogP contribution in [-0.4, -0.2) is 67.8 Å². The summed E-state index contributed by atoms with van der Waals surface area (Å²) in [5.41, 5.74) is 5.25. The minimum Gasteiger partial charge on any atom is -0.379 e. The molecule has 0 aromatic carbocycles. The Morgan fingerprint density at radius 2 is 2.05 bits per heavy atom. The van der Waals surface area contributed by atoms with Crippen molar-refractivity contribution in [3.05, 3.63) is 0 Å². The molecule has 0 aliphatic carbocycles. The van der Waals surface area contributed by atoms with Gasteiger partial charge in [-0.05, 0) is 20.8 Å². The fraction of sp³-hybridized carbons (Fsp3) is 0.857. The van der Waals surface area contributed by atoms with E-state index in [0.29, 0.717) is 26.4 Å². The Morgan fingerprint density at radius 1 is 1.33 bits per heavy atom. The molecule has 7 heteroatoms. The van der Waals surface area contributed by atoms with Crippen LogP contribution in [0.4, 0.5) is 0 Å². The molecule has 0 spiro atoms. The molecule has 2 fully saturated rings. The molecule has 3 N–H and O–H groups in total. The number of nitrogens with two attached hydrogens (primary N) is 1. The van der Waals surface area contributed by atoms with Crippen molar-refractivity contribution in [2.75, 3.05) is 33.0 Å². The number of carbonyl (C=O) groups is 2. The maximum absolute atomic E-state index is 12.9. The summed E-state index contributed by atoms with van der Waals surface area (Å²) in [5.74, 6) is -0.311. The van der Waals surface area contributed by atoms with Gasteiger partial charge in [-0.25, -0.2) is 0 Å². The molecule has 0 radical (unpaired) electrons. The van der Waals surface area contributed by atoms with Gasteiger partial charge in [-0.1, -0.05) is 0 Å². The van der Waals surface area contributed by atoms with Gasteiger partial charge in [-0.15, -0.1) is 0 Å². The van der Waals surface area contributed by atoms with Crippen LogP contribution in [-0.2, 0) is 19.1 Å². The van der Waals surface area contributed by atoms with Crippen molar-refractivity contribution in [2.45, 2.75) is 38.9 Å². The van der Waals surface area contributed by atoms with Crippen molar-refractivity contribution >= 4 is 11.8 Å². The lowest BCUT2D eigenvalue weighted by Crippen LogP contribution is -2.61. The number of hydrogen-bond acceptors (Lipinski definition) is 5. The first-order valence-corrected chi connectivity index (χ1v) is 7.39. The summed E-state index contributed by atoms with van der Waals surface area (Å²) in [6, 6.07) is -0.927. The summed E-state index contributed by atoms with van der Waals surface area (Å²) in [6.45, 7) is 7.29. The molecule has 0 saturated carbocycles. The highest BCUT2D eigenvalue weighted by molar-refractivity contribution is 5.91. The Morgan fingerprint density at radius 3 is 2.62 bits per heavy atom. The molecule has 2 aliphatic rings. The van der Waals surface area contributed by atoms with Crippen molar-refractivity contribution in [1.82, 2.24) is 10.2 Å². The van der Waals surface area contributed by atoms with Crippen LogP contribution < -0.4 is 11.1 Å². The number of amides is 2. The SMILES string of the molecule is CC(C)NC(=O)C1COCCN1C(=O)C1(C)COCC1N. The highest BCUT2D eigenvalue weighted by atomic mass is 16.5. The predicted molar refractivity (Wildman–Crippen MR) is 76.5 cm³/mol. The fourth-order valence-corrected chi connectivity index (χ4v) is 2.68. The van der Waals surface area contributed by atoms with Crippen molar-refractivity contribution < 1.29 is 19.1 Å². The standard InChI is InChI=1S/C14H25N3O4/c1-9(2)16-12(18)10-6-20-5-4-17(10)13(19)14(3)8-21-7-11(14)15/h9-11H,4-8,15H2,1-3H3,(H,16,18). The Kier molecular flexibility index (Phi) is 4.85. The Balaban J connectivity index is 2.14. The normalized spacial score (nSPS) is 33.3. The third-order valence-electron chi connectivity index (χ3n) is 4.13. The molecule has 3 unspecified atom stereocenters. The minimum atomic E-state index is -0.770. The van der Waals surface area contributed by atoms with E-state index in [2.05, 4.69) is 5.32 Å². The summed E-state index contributed by atoms with van der Waals surface area (Å²) in [4.78, 5) is 26.7. The predicted octanol–water partition coefficient (Wildman–Crippen LogP) is -0.898. The Bertz CT molecular complexity index is 415. The van der Waals surface area contributed by atoms with Crippen LogP contribution in [0.5, 0.6) is 0 Å². The zero-order chi connectivity index (χ0) is 15.6. The van der Waals surface area contributed by atoms with Gasteiger partial charge >= 0.3 is 0 Å². The first-order valence-electron chi connectivity index (χ1n) is 7.39. The van der Waals surface area contributed by atoms with Gasteiger partial charge in [-0.3, -0.25) is 9.59 Å². The maximum Gasteiger partial charge on any atom is 0.245 e. The largest absolute Gasteiger partial charge is 0.379 e. The molecule has 7 nitrogen and oxygen atoms in total. The molecular weight excluding hydrogens is 274 g/mol. The van der Waals surface area contributed by atoms with Crippen LogP contribution in [0.3, 0.4) is 0 Å². The minimum absolute atomic E-state index is 0.0176. The molecule has 0 bridgehead atoms. The quantitative estimate of drug-likeness (QED) is 0.704. The molecule has 120 valence electrons. The van der Waals surface area contributed by atoms with Gasteiger partial charge in [0.1, 0.15) is 6.04 Å². The molecule has 0 aromatic heterocycles. The molecule has 2 rings (SSSR count). The van der Waals surface area contributed by atoms with Crippen LogP contribution in [0.15, 0.2) is 0 Å². The summed E-state index contributed by atoms with van der Waals surface area (Å²) in [7, 11) is 0. The fourth-order valence-electron chi connectivity index (χ4n) is 2.68.